The van der Waals surface area contributed by atoms with Crippen LogP contribution in [0.1, 0.15) is 37.2 Å². The minimum absolute atomic E-state index is 0.0150. The van der Waals surface area contributed by atoms with Gasteiger partial charge in [-0.15, -0.1) is 0 Å². The highest BCUT2D eigenvalue weighted by atomic mass is 16.6. The maximum Gasteiger partial charge on any atom is 0.409 e. The summed E-state index contributed by atoms with van der Waals surface area (Å²) in [5.74, 6) is -1.46. The average molecular weight is 603 g/mol. The van der Waals surface area contributed by atoms with Crippen LogP contribution in [0.2, 0.25) is 0 Å². The minimum Gasteiger partial charge on any atom is -0.483 e. The van der Waals surface area contributed by atoms with Crippen molar-refractivity contribution in [3.05, 3.63) is 42.1 Å². The lowest BCUT2D eigenvalue weighted by atomic mass is 10.1. The van der Waals surface area contributed by atoms with Gasteiger partial charge in [0, 0.05) is 57.4 Å². The van der Waals surface area contributed by atoms with Gasteiger partial charge in [0.25, 0.3) is 12.4 Å². The Labute approximate surface area is 249 Å². The first kappa shape index (κ1) is 34.4. The Balaban J connectivity index is 0.00000206. The van der Waals surface area contributed by atoms with Crippen LogP contribution in [0.15, 0.2) is 36.4 Å². The first-order valence-electron chi connectivity index (χ1n) is 13.6. The second-order valence-electron chi connectivity index (χ2n) is 9.40. The van der Waals surface area contributed by atoms with E-state index in [1.807, 2.05) is 37.3 Å². The number of rotatable bonds is 12. The number of hydrogen-bond acceptors (Lipinski definition) is 10. The molecule has 1 aliphatic rings. The zero-order valence-corrected chi connectivity index (χ0v) is 24.4. The van der Waals surface area contributed by atoms with Crippen molar-refractivity contribution in [3.8, 4) is 11.4 Å². The Morgan fingerprint density at radius 2 is 1.70 bits per heavy atom. The number of nitrogens with zero attached hydrogens (tertiary/aromatic N) is 4. The molecule has 1 saturated heterocycles. The summed E-state index contributed by atoms with van der Waals surface area (Å²) in [6.45, 7) is 5.02. The molecule has 1 aromatic heterocycles. The topological polar surface area (TPSA) is 201 Å². The van der Waals surface area contributed by atoms with Gasteiger partial charge >= 0.3 is 12.1 Å². The fourth-order valence-electron chi connectivity index (χ4n) is 4.20. The van der Waals surface area contributed by atoms with E-state index in [-0.39, 0.29) is 63.8 Å². The number of nitrogens with one attached hydrogen (secondary N) is 2. The first-order valence-corrected chi connectivity index (χ1v) is 13.6. The Kier molecular flexibility index (Phi) is 14.3. The molecule has 43 heavy (non-hydrogen) atoms. The highest BCUT2D eigenvalue weighted by Gasteiger charge is 2.31. The number of ether oxygens (including phenoxy) is 2. The molecule has 1 aromatic carbocycles. The van der Waals surface area contributed by atoms with Gasteiger partial charge in [-0.3, -0.25) is 19.2 Å². The van der Waals surface area contributed by atoms with Crippen molar-refractivity contribution in [3.63, 3.8) is 0 Å². The number of hydrogen-bond donors (Lipinski definition) is 4. The summed E-state index contributed by atoms with van der Waals surface area (Å²) >= 11 is 0. The highest BCUT2D eigenvalue weighted by molar-refractivity contribution is 5.97. The molecule has 1 fully saturated rings. The Bertz CT molecular complexity index is 1220. The van der Waals surface area contributed by atoms with E-state index in [2.05, 4.69) is 20.6 Å². The Morgan fingerprint density at radius 1 is 1.07 bits per heavy atom. The van der Waals surface area contributed by atoms with E-state index in [1.165, 1.54) is 15.9 Å². The minimum atomic E-state index is -1.10. The quantitative estimate of drug-likeness (QED) is 0.256. The predicted octanol–water partition coefficient (Wildman–Crippen LogP) is 1.56. The molecule has 15 nitrogen and oxygen atoms in total. The molecule has 0 bridgehead atoms. The van der Waals surface area contributed by atoms with E-state index in [4.69, 9.17) is 19.4 Å². The van der Waals surface area contributed by atoms with Crippen molar-refractivity contribution < 1.29 is 43.7 Å². The predicted molar refractivity (Wildman–Crippen MR) is 154 cm³/mol. The summed E-state index contributed by atoms with van der Waals surface area (Å²) in [7, 11) is 1.58. The van der Waals surface area contributed by atoms with Crippen LogP contribution in [-0.2, 0) is 23.9 Å². The number of aliphatic carboxylic acids is 1. The summed E-state index contributed by atoms with van der Waals surface area (Å²) in [5.41, 5.74) is 0.707. The zero-order valence-electron chi connectivity index (χ0n) is 24.4. The van der Waals surface area contributed by atoms with Crippen LogP contribution in [-0.4, -0.2) is 119 Å². The fourth-order valence-corrected chi connectivity index (χ4v) is 4.20. The molecular formula is C28H38N6O9. The second kappa shape index (κ2) is 17.9. The van der Waals surface area contributed by atoms with Crippen LogP contribution in [0.4, 0.5) is 10.6 Å². The molecule has 0 spiro atoms. The Morgan fingerprint density at radius 3 is 2.28 bits per heavy atom. The summed E-state index contributed by atoms with van der Waals surface area (Å²) < 4.78 is 10.2. The summed E-state index contributed by atoms with van der Waals surface area (Å²) in [6.07, 6.45) is -0.877. The number of amides is 3. The maximum atomic E-state index is 13.4. The molecule has 2 aromatic rings. The molecule has 0 aliphatic carbocycles. The molecule has 3 rings (SSSR count). The lowest BCUT2D eigenvalue weighted by Gasteiger charge is -2.35. The van der Waals surface area contributed by atoms with E-state index in [0.717, 1.165) is 0 Å². The number of piperazine rings is 1. The second-order valence-corrected chi connectivity index (χ2v) is 9.40. The largest absolute Gasteiger partial charge is 0.483 e. The molecule has 234 valence electrons. The van der Waals surface area contributed by atoms with Gasteiger partial charge in [-0.25, -0.2) is 14.8 Å². The number of aromatic nitrogens is 2. The number of methoxy groups -OCH3 is 1. The molecule has 1 aliphatic heterocycles. The van der Waals surface area contributed by atoms with Crippen LogP contribution >= 0.6 is 0 Å². The fraction of sp³-hybridized carbons (Fsp3) is 0.464. The third-order valence-electron chi connectivity index (χ3n) is 6.17. The third-order valence-corrected chi connectivity index (χ3v) is 6.17. The lowest BCUT2D eigenvalue weighted by molar-refractivity contribution is -0.138. The molecule has 15 heteroatoms. The van der Waals surface area contributed by atoms with Crippen LogP contribution in [0.5, 0.6) is 0 Å². The van der Waals surface area contributed by atoms with Gasteiger partial charge in [0.15, 0.2) is 5.82 Å². The van der Waals surface area contributed by atoms with E-state index >= 15 is 0 Å². The number of carbonyl (C=O) groups excluding carboxylic acids is 3. The van der Waals surface area contributed by atoms with Gasteiger partial charge in [0.2, 0.25) is 5.91 Å². The first-order chi connectivity index (χ1) is 20.6. The number of anilines is 1. The van der Waals surface area contributed by atoms with E-state index in [0.29, 0.717) is 23.8 Å². The summed E-state index contributed by atoms with van der Waals surface area (Å²) in [6, 6.07) is 9.40. The smallest absolute Gasteiger partial charge is 0.409 e. The van der Waals surface area contributed by atoms with E-state index in [1.54, 1.807) is 14.0 Å². The van der Waals surface area contributed by atoms with Crippen molar-refractivity contribution in [1.82, 2.24) is 25.1 Å². The van der Waals surface area contributed by atoms with Crippen molar-refractivity contribution in [2.75, 3.05) is 51.8 Å². The molecule has 0 unspecified atom stereocenters. The summed E-state index contributed by atoms with van der Waals surface area (Å²) in [4.78, 5) is 70.4. The van der Waals surface area contributed by atoms with Gasteiger partial charge in [-0.2, -0.15) is 0 Å². The zero-order chi connectivity index (χ0) is 31.8. The molecule has 2 atom stereocenters. The van der Waals surface area contributed by atoms with Crippen LogP contribution in [0.25, 0.3) is 11.4 Å². The molecule has 4 N–H and O–H groups in total. The monoisotopic (exact) mass is 602 g/mol. The van der Waals surface area contributed by atoms with E-state index in [9.17, 15) is 24.3 Å². The number of carboxylic acids is 1. The van der Waals surface area contributed by atoms with Crippen LogP contribution in [0, 0.1) is 0 Å². The lowest BCUT2D eigenvalue weighted by Crippen LogP contribution is -2.56. The average Bonchev–Trinajstić information content (AvgIpc) is 2.99. The van der Waals surface area contributed by atoms with Gasteiger partial charge < -0.3 is 40.1 Å². The van der Waals surface area contributed by atoms with Gasteiger partial charge in [-0.1, -0.05) is 30.3 Å². The van der Waals surface area contributed by atoms with Crippen LogP contribution in [0.3, 0.4) is 0 Å². The van der Waals surface area contributed by atoms with Gasteiger partial charge in [-0.05, 0) is 20.3 Å². The van der Waals surface area contributed by atoms with Crippen molar-refractivity contribution in [2.45, 2.75) is 38.8 Å². The molecular weight excluding hydrogens is 564 g/mol. The van der Waals surface area contributed by atoms with E-state index < -0.39 is 29.9 Å². The van der Waals surface area contributed by atoms with Crippen molar-refractivity contribution in [1.29, 1.82) is 0 Å². The standard InChI is InChI=1S/C27H36N6O7.CH2O2/c1-4-40-27(38)33-14-12-32(13-15-33)26(37)20(10-11-23(34)35)30-25(36)21-16-22(28-18(2)17-39-3)31-24(29-21)19-8-6-5-7-9-19;2-1-3/h5-9,16,18,20H,4,10-15,17H2,1-3H3,(H,30,36)(H,34,35)(H,28,29,31);1H,(H,2,3)/t18-,20+;/m1./s1. The van der Waals surface area contributed by atoms with Gasteiger partial charge in [0.05, 0.1) is 13.2 Å². The molecule has 0 radical (unpaired) electrons. The SMILES string of the molecule is CCOC(=O)N1CCN(C(=O)[C@H](CCC(=O)O)NC(=O)c2cc(N[C@H](C)COC)nc(-c3ccccc3)n2)CC1.O=CO. The maximum absolute atomic E-state index is 13.4. The third kappa shape index (κ3) is 11.2. The number of carbonyl (C=O) groups is 5. The summed E-state index contributed by atoms with van der Waals surface area (Å²) in [5, 5.41) is 22.0. The van der Waals surface area contributed by atoms with Crippen LogP contribution < -0.4 is 10.6 Å². The van der Waals surface area contributed by atoms with Gasteiger partial charge in [0.1, 0.15) is 17.6 Å². The number of carboxylic acid groups (broad SMARTS) is 2. The van der Waals surface area contributed by atoms with Crippen molar-refractivity contribution >= 4 is 36.2 Å². The molecule has 0 saturated carbocycles. The molecule has 3 amide bonds. The number of benzene rings is 1. The molecule has 2 heterocycles. The van der Waals surface area contributed by atoms with Crippen molar-refractivity contribution in [2.24, 2.45) is 0 Å². The normalized spacial score (nSPS) is 13.9. The Hall–Kier alpha value is -4.79. The highest BCUT2D eigenvalue weighted by Crippen LogP contribution is 2.19.